The molecule has 146 valence electrons. The number of nitrogens with one attached hydrogen (secondary N) is 3. The van der Waals surface area contributed by atoms with Gasteiger partial charge in [0.2, 0.25) is 5.91 Å². The van der Waals surface area contributed by atoms with Gasteiger partial charge < -0.3 is 25.4 Å². The van der Waals surface area contributed by atoms with E-state index in [9.17, 15) is 4.79 Å². The number of hydrogen-bond acceptors (Lipinski definition) is 4. The minimum Gasteiger partial charge on any atom is -0.493 e. The largest absolute Gasteiger partial charge is 0.493 e. The van der Waals surface area contributed by atoms with Crippen molar-refractivity contribution in [2.45, 2.75) is 39.8 Å². The Kier molecular flexibility index (Phi) is 8.71. The van der Waals surface area contributed by atoms with Gasteiger partial charge in [0.25, 0.3) is 0 Å². The second-order valence-electron chi connectivity index (χ2n) is 6.65. The van der Waals surface area contributed by atoms with Crippen molar-refractivity contribution in [1.82, 2.24) is 16.0 Å². The Labute approximate surface area is 164 Å². The summed E-state index contributed by atoms with van der Waals surface area (Å²) in [7, 11) is 3.19. The molecule has 0 aliphatic heterocycles. The second kappa shape index (κ2) is 10.3. The summed E-state index contributed by atoms with van der Waals surface area (Å²) >= 11 is 3.53. The molecule has 3 N–H and O–H groups in total. The first-order chi connectivity index (χ1) is 12.2. The fourth-order valence-electron chi connectivity index (χ4n) is 2.15. The van der Waals surface area contributed by atoms with Gasteiger partial charge in [-0.15, -0.1) is 0 Å². The molecule has 0 atom stereocenters. The molecule has 0 spiro atoms. The van der Waals surface area contributed by atoms with Crippen LogP contribution in [0.3, 0.4) is 0 Å². The molecule has 0 unspecified atom stereocenters. The molecule has 0 heterocycles. The number of carbonyl (C=O) groups is 1. The molecule has 0 fully saturated rings. The van der Waals surface area contributed by atoms with E-state index in [4.69, 9.17) is 9.47 Å². The first-order valence-electron chi connectivity index (χ1n) is 8.43. The molecular weight excluding hydrogens is 400 g/mol. The van der Waals surface area contributed by atoms with Gasteiger partial charge in [-0.3, -0.25) is 4.79 Å². The monoisotopic (exact) mass is 428 g/mol. The van der Waals surface area contributed by atoms with Crippen LogP contribution < -0.4 is 25.4 Å². The predicted octanol–water partition coefficient (Wildman–Crippen LogP) is 2.44. The summed E-state index contributed by atoms with van der Waals surface area (Å²) in [6, 6.07) is 3.73. The molecule has 1 amide bonds. The first kappa shape index (κ1) is 22.1. The molecule has 0 bridgehead atoms. The van der Waals surface area contributed by atoms with Gasteiger partial charge in [0.05, 0.1) is 27.3 Å². The molecule has 0 aliphatic rings. The van der Waals surface area contributed by atoms with Gasteiger partial charge in [-0.05, 0) is 45.4 Å². The van der Waals surface area contributed by atoms with Gasteiger partial charge in [-0.1, -0.05) is 15.9 Å². The van der Waals surface area contributed by atoms with Gasteiger partial charge in [0, 0.05) is 16.6 Å². The fraction of sp³-hybridized carbons (Fsp3) is 0.556. The van der Waals surface area contributed by atoms with E-state index < -0.39 is 0 Å². The number of methoxy groups -OCH3 is 2. The Hall–Kier alpha value is -1.96. The van der Waals surface area contributed by atoms with E-state index in [0.717, 1.165) is 10.0 Å². The van der Waals surface area contributed by atoms with E-state index in [-0.39, 0.29) is 18.0 Å². The third-order valence-corrected chi connectivity index (χ3v) is 3.97. The zero-order valence-corrected chi connectivity index (χ0v) is 17.9. The van der Waals surface area contributed by atoms with Crippen LogP contribution in [0.1, 0.15) is 33.3 Å². The van der Waals surface area contributed by atoms with Crippen LogP contribution in [0.25, 0.3) is 0 Å². The molecule has 0 aromatic heterocycles. The minimum absolute atomic E-state index is 0.0876. The van der Waals surface area contributed by atoms with Gasteiger partial charge in [0.15, 0.2) is 17.5 Å². The van der Waals surface area contributed by atoms with Crippen LogP contribution in [-0.2, 0) is 11.3 Å². The number of hydrogen-bond donors (Lipinski definition) is 3. The number of aliphatic imine (C=N–C) groups is 1. The van der Waals surface area contributed by atoms with E-state index in [1.54, 1.807) is 14.2 Å². The third kappa shape index (κ3) is 7.51. The lowest BCUT2D eigenvalue weighted by molar-refractivity contribution is -0.121. The third-order valence-electron chi connectivity index (χ3n) is 3.24. The quantitative estimate of drug-likeness (QED) is 0.458. The van der Waals surface area contributed by atoms with E-state index >= 15 is 0 Å². The number of nitrogens with zero attached hydrogens (tertiary/aromatic N) is 1. The maximum absolute atomic E-state index is 12.0. The average Bonchev–Trinajstić information content (AvgIpc) is 2.56. The molecule has 8 heteroatoms. The fourth-order valence-corrected chi connectivity index (χ4v) is 2.60. The predicted molar refractivity (Wildman–Crippen MR) is 108 cm³/mol. The molecule has 1 aromatic rings. The summed E-state index contributed by atoms with van der Waals surface area (Å²) in [5.41, 5.74) is 0.678. The SMILES string of the molecule is CCNC(=NCc1cc(OC)c(OC)cc1Br)NCC(=O)NC(C)(C)C. The van der Waals surface area contributed by atoms with Gasteiger partial charge in [-0.25, -0.2) is 4.99 Å². The standard InChI is InChI=1S/C18H29BrN4O3/c1-7-20-17(22-11-16(24)23-18(2,3)4)21-10-12-8-14(25-5)15(26-6)9-13(12)19/h8-9H,7,10-11H2,1-6H3,(H,23,24)(H2,20,21,22). The van der Waals surface area contributed by atoms with Crippen LogP contribution in [-0.4, -0.2) is 44.7 Å². The second-order valence-corrected chi connectivity index (χ2v) is 7.50. The van der Waals surface area contributed by atoms with Gasteiger partial charge >= 0.3 is 0 Å². The smallest absolute Gasteiger partial charge is 0.239 e. The summed E-state index contributed by atoms with van der Waals surface area (Å²) in [5.74, 6) is 1.77. The zero-order valence-electron chi connectivity index (χ0n) is 16.3. The summed E-state index contributed by atoms with van der Waals surface area (Å²) < 4.78 is 11.5. The van der Waals surface area contributed by atoms with Gasteiger partial charge in [0.1, 0.15) is 0 Å². The molecule has 7 nitrogen and oxygen atoms in total. The van der Waals surface area contributed by atoms with Crippen molar-refractivity contribution in [2.75, 3.05) is 27.3 Å². The Morgan fingerprint density at radius 2 is 1.77 bits per heavy atom. The van der Waals surface area contributed by atoms with E-state index in [2.05, 4.69) is 36.9 Å². The average molecular weight is 429 g/mol. The van der Waals surface area contributed by atoms with Crippen molar-refractivity contribution in [1.29, 1.82) is 0 Å². The van der Waals surface area contributed by atoms with Crippen molar-refractivity contribution in [3.05, 3.63) is 22.2 Å². The summed E-state index contributed by atoms with van der Waals surface area (Å²) in [5, 5.41) is 9.07. The van der Waals surface area contributed by atoms with E-state index in [0.29, 0.717) is 30.5 Å². The molecule has 0 radical (unpaired) electrons. The van der Waals surface area contributed by atoms with Crippen LogP contribution in [0, 0.1) is 0 Å². The van der Waals surface area contributed by atoms with Crippen LogP contribution >= 0.6 is 15.9 Å². The van der Waals surface area contributed by atoms with Crippen LogP contribution in [0.15, 0.2) is 21.6 Å². The zero-order chi connectivity index (χ0) is 19.7. The number of halogens is 1. The van der Waals surface area contributed by atoms with Gasteiger partial charge in [-0.2, -0.15) is 0 Å². The van der Waals surface area contributed by atoms with Crippen molar-refractivity contribution >= 4 is 27.8 Å². The Morgan fingerprint density at radius 3 is 2.31 bits per heavy atom. The summed E-state index contributed by atoms with van der Waals surface area (Å²) in [4.78, 5) is 16.5. The Balaban J connectivity index is 2.82. The van der Waals surface area contributed by atoms with Crippen molar-refractivity contribution in [3.63, 3.8) is 0 Å². The molecule has 26 heavy (non-hydrogen) atoms. The lowest BCUT2D eigenvalue weighted by Gasteiger charge is -2.21. The molecule has 0 aliphatic carbocycles. The summed E-state index contributed by atoms with van der Waals surface area (Å²) in [6.07, 6.45) is 0. The highest BCUT2D eigenvalue weighted by atomic mass is 79.9. The number of guanidine groups is 1. The number of ether oxygens (including phenoxy) is 2. The lowest BCUT2D eigenvalue weighted by Crippen LogP contribution is -2.48. The number of benzene rings is 1. The number of carbonyl (C=O) groups excluding carboxylic acids is 1. The molecule has 1 aromatic carbocycles. The molecule has 0 saturated carbocycles. The Bertz CT molecular complexity index is 642. The van der Waals surface area contributed by atoms with E-state index in [1.165, 1.54) is 0 Å². The van der Waals surface area contributed by atoms with E-state index in [1.807, 2.05) is 39.8 Å². The number of rotatable bonds is 7. The molecular formula is C18H29BrN4O3. The highest BCUT2D eigenvalue weighted by Gasteiger charge is 2.14. The molecule has 1 rings (SSSR count). The van der Waals surface area contributed by atoms with Crippen molar-refractivity contribution < 1.29 is 14.3 Å². The minimum atomic E-state index is -0.265. The number of amides is 1. The summed E-state index contributed by atoms with van der Waals surface area (Å²) in [6.45, 7) is 9.06. The van der Waals surface area contributed by atoms with Crippen LogP contribution in [0.5, 0.6) is 11.5 Å². The Morgan fingerprint density at radius 1 is 1.15 bits per heavy atom. The normalized spacial score (nSPS) is 11.7. The van der Waals surface area contributed by atoms with Crippen molar-refractivity contribution in [3.8, 4) is 11.5 Å². The lowest BCUT2D eigenvalue weighted by atomic mass is 10.1. The first-order valence-corrected chi connectivity index (χ1v) is 9.23. The highest BCUT2D eigenvalue weighted by molar-refractivity contribution is 9.10. The maximum Gasteiger partial charge on any atom is 0.239 e. The van der Waals surface area contributed by atoms with Crippen molar-refractivity contribution in [2.24, 2.45) is 4.99 Å². The topological polar surface area (TPSA) is 84.0 Å². The van der Waals surface area contributed by atoms with Crippen LogP contribution in [0.2, 0.25) is 0 Å². The maximum atomic E-state index is 12.0. The van der Waals surface area contributed by atoms with Crippen LogP contribution in [0.4, 0.5) is 0 Å². The highest BCUT2D eigenvalue weighted by Crippen LogP contribution is 2.33. The molecule has 0 saturated heterocycles.